The van der Waals surface area contributed by atoms with Gasteiger partial charge < -0.3 is 15.7 Å². The molecule has 0 atom stereocenters. The van der Waals surface area contributed by atoms with Crippen LogP contribution in [0.3, 0.4) is 0 Å². The number of nitrogens with one attached hydrogen (secondary N) is 2. The molecule has 110 valence electrons. The van der Waals surface area contributed by atoms with Crippen molar-refractivity contribution in [3.05, 3.63) is 33.8 Å². The van der Waals surface area contributed by atoms with Crippen molar-refractivity contribution in [3.8, 4) is 0 Å². The van der Waals surface area contributed by atoms with E-state index in [2.05, 4.69) is 26.6 Å². The highest BCUT2D eigenvalue weighted by molar-refractivity contribution is 9.10. The molecule has 0 aliphatic heterocycles. The smallest absolute Gasteiger partial charge is 0.315 e. The Labute approximate surface area is 122 Å². The minimum atomic E-state index is -0.994. The minimum absolute atomic E-state index is 0.0164. The number of carbonyl (C=O) groups is 2. The summed E-state index contributed by atoms with van der Waals surface area (Å²) in [6.07, 6.45) is 0.284. The Bertz CT molecular complexity index is 512. The molecule has 0 heterocycles. The summed E-state index contributed by atoms with van der Waals surface area (Å²) in [5, 5.41) is 13.3. The largest absolute Gasteiger partial charge is 0.481 e. The van der Waals surface area contributed by atoms with E-state index in [1.165, 1.54) is 0 Å². The van der Waals surface area contributed by atoms with Crippen LogP contribution in [0.2, 0.25) is 0 Å². The second kappa shape index (κ2) is 7.78. The highest BCUT2D eigenvalue weighted by Gasteiger charge is 2.09. The third-order valence-electron chi connectivity index (χ3n) is 2.38. The number of benzene rings is 1. The summed E-state index contributed by atoms with van der Waals surface area (Å²) in [6.45, 7) is 0.236. The molecule has 0 aliphatic carbocycles. The number of halogens is 3. The van der Waals surface area contributed by atoms with E-state index in [4.69, 9.17) is 5.11 Å². The van der Waals surface area contributed by atoms with Crippen LogP contribution in [0, 0.1) is 11.6 Å². The first-order valence-electron chi connectivity index (χ1n) is 5.77. The Morgan fingerprint density at radius 2 is 1.85 bits per heavy atom. The lowest BCUT2D eigenvalue weighted by atomic mass is 10.2. The first-order valence-corrected chi connectivity index (χ1v) is 6.56. The van der Waals surface area contributed by atoms with Crippen molar-refractivity contribution in [2.24, 2.45) is 0 Å². The molecule has 8 heteroatoms. The van der Waals surface area contributed by atoms with Crippen LogP contribution < -0.4 is 10.6 Å². The molecule has 0 aliphatic rings. The van der Waals surface area contributed by atoms with Crippen molar-refractivity contribution in [1.29, 1.82) is 0 Å². The summed E-state index contributed by atoms with van der Waals surface area (Å²) >= 11 is 3.07. The number of carboxylic acid groups (broad SMARTS) is 1. The summed E-state index contributed by atoms with van der Waals surface area (Å²) in [4.78, 5) is 21.6. The van der Waals surface area contributed by atoms with E-state index >= 15 is 0 Å². The van der Waals surface area contributed by atoms with E-state index in [1.807, 2.05) is 0 Å². The number of carbonyl (C=O) groups excluding carboxylic acids is 1. The van der Waals surface area contributed by atoms with Crippen LogP contribution in [-0.4, -0.2) is 23.7 Å². The maximum atomic E-state index is 13.0. The first kappa shape index (κ1) is 16.4. The maximum Gasteiger partial charge on any atom is 0.315 e. The monoisotopic (exact) mass is 350 g/mol. The van der Waals surface area contributed by atoms with Gasteiger partial charge in [-0.15, -0.1) is 0 Å². The normalized spacial score (nSPS) is 10.2. The highest BCUT2D eigenvalue weighted by atomic mass is 79.9. The number of rotatable bonds is 6. The molecule has 0 fully saturated rings. The van der Waals surface area contributed by atoms with Crippen LogP contribution in [0.4, 0.5) is 13.6 Å². The van der Waals surface area contributed by atoms with E-state index in [1.54, 1.807) is 0 Å². The van der Waals surface area contributed by atoms with Crippen LogP contribution in [-0.2, 0) is 11.3 Å². The summed E-state index contributed by atoms with van der Waals surface area (Å²) in [7, 11) is 0. The molecule has 5 nitrogen and oxygen atoms in total. The fraction of sp³-hybridized carbons (Fsp3) is 0.333. The summed E-state index contributed by atoms with van der Waals surface area (Å²) < 4.78 is 26.3. The molecule has 0 saturated carbocycles. The number of hydrogen-bond donors (Lipinski definition) is 3. The summed E-state index contributed by atoms with van der Waals surface area (Å²) in [6, 6.07) is 1.47. The van der Waals surface area contributed by atoms with Gasteiger partial charge in [-0.25, -0.2) is 13.6 Å². The Hall–Kier alpha value is -1.70. The van der Waals surface area contributed by atoms with Gasteiger partial charge in [0, 0.05) is 24.0 Å². The lowest BCUT2D eigenvalue weighted by Gasteiger charge is -2.09. The molecule has 0 bridgehead atoms. The Balaban J connectivity index is 2.37. The van der Waals surface area contributed by atoms with Gasteiger partial charge in [-0.3, -0.25) is 4.79 Å². The predicted molar refractivity (Wildman–Crippen MR) is 71.2 cm³/mol. The number of carboxylic acids is 1. The summed E-state index contributed by atoms with van der Waals surface area (Å²) in [5.41, 5.74) is 0.393. The maximum absolute atomic E-state index is 13.0. The number of aliphatic carboxylic acids is 1. The van der Waals surface area contributed by atoms with Gasteiger partial charge in [-0.1, -0.05) is 15.9 Å². The molecule has 0 unspecified atom stereocenters. The van der Waals surface area contributed by atoms with Gasteiger partial charge in [0.1, 0.15) is 0 Å². The molecule has 1 aromatic rings. The van der Waals surface area contributed by atoms with Gasteiger partial charge in [0.15, 0.2) is 11.6 Å². The average molecular weight is 351 g/mol. The van der Waals surface area contributed by atoms with Gasteiger partial charge >= 0.3 is 12.0 Å². The summed E-state index contributed by atoms with van der Waals surface area (Å²) in [5.74, 6) is -2.90. The fourth-order valence-corrected chi connectivity index (χ4v) is 1.83. The zero-order chi connectivity index (χ0) is 15.1. The van der Waals surface area contributed by atoms with Gasteiger partial charge in [-0.05, 0) is 24.1 Å². The Kier molecular flexibility index (Phi) is 6.37. The number of amides is 2. The molecule has 0 spiro atoms. The Morgan fingerprint density at radius 3 is 2.50 bits per heavy atom. The highest BCUT2D eigenvalue weighted by Crippen LogP contribution is 2.20. The van der Waals surface area contributed by atoms with Crippen LogP contribution in [0.1, 0.15) is 18.4 Å². The zero-order valence-electron chi connectivity index (χ0n) is 10.4. The molecule has 0 aromatic heterocycles. The number of urea groups is 1. The Morgan fingerprint density at radius 1 is 1.20 bits per heavy atom. The molecular formula is C12H13BrF2N2O3. The molecule has 3 N–H and O–H groups in total. The average Bonchev–Trinajstić information content (AvgIpc) is 2.37. The molecule has 1 rings (SSSR count). The molecule has 20 heavy (non-hydrogen) atoms. The van der Waals surface area contributed by atoms with Gasteiger partial charge in [0.25, 0.3) is 0 Å². The molecule has 2 amide bonds. The van der Waals surface area contributed by atoms with E-state index < -0.39 is 23.6 Å². The van der Waals surface area contributed by atoms with Crippen LogP contribution in [0.5, 0.6) is 0 Å². The molecule has 0 saturated heterocycles. The van der Waals surface area contributed by atoms with Gasteiger partial charge in [-0.2, -0.15) is 0 Å². The lowest BCUT2D eigenvalue weighted by Crippen LogP contribution is -2.35. The molecule has 1 aromatic carbocycles. The fourth-order valence-electron chi connectivity index (χ4n) is 1.38. The van der Waals surface area contributed by atoms with E-state index in [0.717, 1.165) is 12.1 Å². The van der Waals surface area contributed by atoms with Crippen molar-refractivity contribution >= 4 is 27.9 Å². The van der Waals surface area contributed by atoms with Crippen LogP contribution in [0.25, 0.3) is 0 Å². The SMILES string of the molecule is O=C(O)CCCNC(=O)NCc1cc(F)c(F)cc1Br. The van der Waals surface area contributed by atoms with Crippen LogP contribution in [0.15, 0.2) is 16.6 Å². The van der Waals surface area contributed by atoms with E-state index in [-0.39, 0.29) is 19.5 Å². The predicted octanol–water partition coefficient (Wildman–Crippen LogP) is 2.39. The van der Waals surface area contributed by atoms with E-state index in [9.17, 15) is 18.4 Å². The third-order valence-corrected chi connectivity index (χ3v) is 3.12. The molecule has 0 radical (unpaired) electrons. The zero-order valence-corrected chi connectivity index (χ0v) is 12.0. The van der Waals surface area contributed by atoms with Crippen molar-refractivity contribution < 1.29 is 23.5 Å². The molecular weight excluding hydrogens is 338 g/mol. The third kappa shape index (κ3) is 5.52. The van der Waals surface area contributed by atoms with E-state index in [0.29, 0.717) is 16.5 Å². The van der Waals surface area contributed by atoms with Crippen molar-refractivity contribution in [2.75, 3.05) is 6.54 Å². The van der Waals surface area contributed by atoms with Crippen LogP contribution >= 0.6 is 15.9 Å². The van der Waals surface area contributed by atoms with Gasteiger partial charge in [0.2, 0.25) is 0 Å². The topological polar surface area (TPSA) is 78.4 Å². The van der Waals surface area contributed by atoms with Crippen molar-refractivity contribution in [1.82, 2.24) is 10.6 Å². The number of hydrogen-bond acceptors (Lipinski definition) is 2. The minimum Gasteiger partial charge on any atom is -0.481 e. The standard InChI is InChI=1S/C12H13BrF2N2O3/c13-8-5-10(15)9(14)4-7(8)6-17-12(20)16-3-1-2-11(18)19/h4-5H,1-3,6H2,(H,18,19)(H2,16,17,20). The first-order chi connectivity index (χ1) is 9.40. The second-order valence-corrected chi connectivity index (χ2v) is 4.82. The lowest BCUT2D eigenvalue weighted by molar-refractivity contribution is -0.137. The quantitative estimate of drug-likeness (QED) is 0.544. The van der Waals surface area contributed by atoms with Gasteiger partial charge in [0.05, 0.1) is 0 Å². The second-order valence-electron chi connectivity index (χ2n) is 3.96. The van der Waals surface area contributed by atoms with Crippen molar-refractivity contribution in [2.45, 2.75) is 19.4 Å². The van der Waals surface area contributed by atoms with Crippen molar-refractivity contribution in [3.63, 3.8) is 0 Å².